The Morgan fingerprint density at radius 2 is 1.66 bits per heavy atom. The van der Waals surface area contributed by atoms with E-state index in [1.54, 1.807) is 59.5 Å². The molecule has 9 nitrogen and oxygen atoms in total. The van der Waals surface area contributed by atoms with Crippen LogP contribution in [-0.4, -0.2) is 38.5 Å². The van der Waals surface area contributed by atoms with Crippen LogP contribution in [0.1, 0.15) is 36.8 Å². The van der Waals surface area contributed by atoms with E-state index in [1.165, 1.54) is 9.80 Å². The zero-order chi connectivity index (χ0) is 38.9. The molecule has 0 spiro atoms. The largest absolute Gasteiger partial charge is 0.508 e. The molecule has 3 fully saturated rings. The Labute approximate surface area is 339 Å². The van der Waals surface area contributed by atoms with Crippen LogP contribution in [0.15, 0.2) is 101 Å². The summed E-state index contributed by atoms with van der Waals surface area (Å²) in [5, 5.41) is 19.9. The van der Waals surface area contributed by atoms with Gasteiger partial charge in [0.25, 0.3) is 0 Å². The number of halogens is 2. The summed E-state index contributed by atoms with van der Waals surface area (Å²) < 4.78 is 3.45. The molecule has 4 heterocycles. The first-order chi connectivity index (χ1) is 26.9. The fraction of sp³-hybridized carbons (Fsp3) is 0.250. The summed E-state index contributed by atoms with van der Waals surface area (Å²) in [4.78, 5) is 62.5. The molecule has 6 aromatic rings. The molecule has 2 aromatic heterocycles. The van der Waals surface area contributed by atoms with Crippen molar-refractivity contribution < 1.29 is 24.3 Å². The summed E-state index contributed by atoms with van der Waals surface area (Å²) in [5.74, 6) is -4.55. The third kappa shape index (κ3) is 4.80. The first kappa shape index (κ1) is 35.3. The number of carbonyl (C=O) groups excluding carboxylic acids is 4. The summed E-state index contributed by atoms with van der Waals surface area (Å²) in [6.45, 7) is 3.84. The molecule has 10 rings (SSSR count). The van der Waals surface area contributed by atoms with Gasteiger partial charge in [-0.1, -0.05) is 69.5 Å². The predicted octanol–water partition coefficient (Wildman–Crippen LogP) is 9.32. The van der Waals surface area contributed by atoms with Gasteiger partial charge in [0.15, 0.2) is 0 Å². The zero-order valence-corrected chi connectivity index (χ0v) is 33.7. The SMILES string of the molecule is Cc1c(-c2cc(N3C(=O)C4CC5C(=CCC6C(=O)N(c7ccc(Br)cc7)C(=O)C65)C(c5c(O)ccc6ccccc56)C4(C)C3=O)n(C)n2)sc2ccc(Cl)cc12. The number of aromatic hydroxyl groups is 1. The Balaban J connectivity index is 1.12. The standard InChI is InChI=1S/C44H34BrClN4O5S/c1-21-29-18-24(46)11-17-34(29)56-39(21)32-20-35(48(3)47-32)50-41(53)31-19-30-27(14-15-28-36(30)42(54)49(40(28)52)25-12-9-23(45)10-13-25)38(44(31,2)43(50)55)37-26-7-5-4-6-22(26)8-16-33(37)51/h4-14,16-18,20,28,30-31,36,38,51H,15,19H2,1-3H3. The second kappa shape index (κ2) is 12.4. The van der Waals surface area contributed by atoms with Gasteiger partial charge < -0.3 is 5.11 Å². The van der Waals surface area contributed by atoms with Gasteiger partial charge >= 0.3 is 0 Å². The van der Waals surface area contributed by atoms with Gasteiger partial charge in [-0.25, -0.2) is 4.90 Å². The lowest BCUT2D eigenvalue weighted by Crippen LogP contribution is -2.49. The van der Waals surface area contributed by atoms with Crippen LogP contribution in [0.25, 0.3) is 31.4 Å². The first-order valence-electron chi connectivity index (χ1n) is 18.5. The van der Waals surface area contributed by atoms with Crippen LogP contribution in [0.2, 0.25) is 5.02 Å². The van der Waals surface area contributed by atoms with Crippen molar-refractivity contribution in [2.24, 2.45) is 36.1 Å². The molecule has 2 aliphatic heterocycles. The molecule has 4 aliphatic rings. The van der Waals surface area contributed by atoms with Gasteiger partial charge in [0, 0.05) is 38.8 Å². The highest BCUT2D eigenvalue weighted by atomic mass is 79.9. The van der Waals surface area contributed by atoms with E-state index < -0.39 is 40.9 Å². The number of aryl methyl sites for hydroxylation is 2. The highest BCUT2D eigenvalue weighted by Gasteiger charge is 2.68. The van der Waals surface area contributed by atoms with E-state index in [0.717, 1.165) is 41.3 Å². The van der Waals surface area contributed by atoms with E-state index in [2.05, 4.69) is 15.9 Å². The monoisotopic (exact) mass is 844 g/mol. The van der Waals surface area contributed by atoms with E-state index in [1.807, 2.05) is 68.5 Å². The van der Waals surface area contributed by atoms with Gasteiger partial charge in [0.05, 0.1) is 33.7 Å². The van der Waals surface area contributed by atoms with Crippen molar-refractivity contribution in [3.63, 3.8) is 0 Å². The molecular formula is C44H34BrClN4O5S. The Hall–Kier alpha value is -5.10. The Morgan fingerprint density at radius 1 is 0.893 bits per heavy atom. The fourth-order valence-electron chi connectivity index (χ4n) is 10.2. The maximum absolute atomic E-state index is 15.3. The van der Waals surface area contributed by atoms with Crippen molar-refractivity contribution in [2.45, 2.75) is 32.6 Å². The molecule has 6 unspecified atom stereocenters. The molecule has 4 aromatic carbocycles. The lowest BCUT2D eigenvalue weighted by Gasteiger charge is -2.49. The number of rotatable bonds is 4. The number of phenols is 1. The van der Waals surface area contributed by atoms with Crippen LogP contribution in [-0.2, 0) is 26.2 Å². The number of fused-ring (bicyclic) bond motifs is 6. The number of carbonyl (C=O) groups is 4. The molecule has 4 amide bonds. The molecule has 56 heavy (non-hydrogen) atoms. The normalized spacial score (nSPS) is 25.9. The predicted molar refractivity (Wildman–Crippen MR) is 221 cm³/mol. The molecule has 2 aliphatic carbocycles. The van der Waals surface area contributed by atoms with Crippen molar-refractivity contribution in [1.29, 1.82) is 0 Å². The van der Waals surface area contributed by atoms with Crippen LogP contribution in [0.5, 0.6) is 5.75 Å². The van der Waals surface area contributed by atoms with Gasteiger partial charge in [-0.3, -0.25) is 28.8 Å². The smallest absolute Gasteiger partial charge is 0.242 e. The fourth-order valence-corrected chi connectivity index (χ4v) is 11.8. The molecule has 0 radical (unpaired) electrons. The molecule has 6 atom stereocenters. The van der Waals surface area contributed by atoms with Gasteiger partial charge in [-0.05, 0) is 103 Å². The second-order valence-electron chi connectivity index (χ2n) is 15.6. The number of thiophene rings is 1. The average Bonchev–Trinajstić information content (AvgIpc) is 3.86. The minimum atomic E-state index is -1.35. The maximum Gasteiger partial charge on any atom is 0.242 e. The Kier molecular flexibility index (Phi) is 7.85. The number of nitrogens with zero attached hydrogens (tertiary/aromatic N) is 4. The minimum Gasteiger partial charge on any atom is -0.508 e. The van der Waals surface area contributed by atoms with E-state index in [-0.39, 0.29) is 29.9 Å². The number of benzene rings is 4. The third-order valence-electron chi connectivity index (χ3n) is 12.8. The van der Waals surface area contributed by atoms with Crippen LogP contribution in [0, 0.1) is 36.0 Å². The first-order valence-corrected chi connectivity index (χ1v) is 20.5. The number of allylic oxidation sites excluding steroid dienone is 2. The molecule has 0 bridgehead atoms. The van der Waals surface area contributed by atoms with Crippen LogP contribution in [0.3, 0.4) is 0 Å². The Morgan fingerprint density at radius 3 is 2.45 bits per heavy atom. The quantitative estimate of drug-likeness (QED) is 0.140. The van der Waals surface area contributed by atoms with E-state index in [9.17, 15) is 14.7 Å². The van der Waals surface area contributed by atoms with Gasteiger partial charge in [0.1, 0.15) is 17.3 Å². The van der Waals surface area contributed by atoms with Crippen molar-refractivity contribution in [3.05, 3.63) is 117 Å². The van der Waals surface area contributed by atoms with Crippen molar-refractivity contribution in [1.82, 2.24) is 9.78 Å². The molecule has 280 valence electrons. The van der Waals surface area contributed by atoms with Gasteiger partial charge in [0.2, 0.25) is 23.6 Å². The molecular weight excluding hydrogens is 812 g/mol. The van der Waals surface area contributed by atoms with Crippen molar-refractivity contribution in [2.75, 3.05) is 9.80 Å². The summed E-state index contributed by atoms with van der Waals surface area (Å²) in [7, 11) is 1.73. The van der Waals surface area contributed by atoms with Gasteiger partial charge in [-0.15, -0.1) is 11.3 Å². The topological polar surface area (TPSA) is 113 Å². The van der Waals surface area contributed by atoms with Crippen molar-refractivity contribution >= 4 is 94.9 Å². The number of hydrogen-bond donors (Lipinski definition) is 1. The summed E-state index contributed by atoms with van der Waals surface area (Å²) in [5.41, 5.74) is 2.12. The van der Waals surface area contributed by atoms with E-state index in [0.29, 0.717) is 34.2 Å². The van der Waals surface area contributed by atoms with Crippen molar-refractivity contribution in [3.8, 4) is 16.3 Å². The van der Waals surface area contributed by atoms with Crippen LogP contribution >= 0.6 is 38.9 Å². The third-order valence-corrected chi connectivity index (χ3v) is 14.9. The lowest BCUT2D eigenvalue weighted by molar-refractivity contribution is -0.131. The number of amides is 4. The van der Waals surface area contributed by atoms with E-state index >= 15 is 9.59 Å². The highest BCUT2D eigenvalue weighted by Crippen LogP contribution is 2.65. The number of anilines is 2. The maximum atomic E-state index is 15.3. The molecule has 12 heteroatoms. The van der Waals surface area contributed by atoms with E-state index in [4.69, 9.17) is 16.7 Å². The van der Waals surface area contributed by atoms with Crippen LogP contribution < -0.4 is 9.80 Å². The molecule has 1 saturated carbocycles. The summed E-state index contributed by atoms with van der Waals surface area (Å²) >= 11 is 11.4. The zero-order valence-electron chi connectivity index (χ0n) is 30.5. The van der Waals surface area contributed by atoms with Gasteiger partial charge in [-0.2, -0.15) is 5.10 Å². The minimum absolute atomic E-state index is 0.00419. The molecule has 2 saturated heterocycles. The number of imide groups is 2. The number of phenolic OH excluding ortho intramolecular Hbond substituents is 1. The summed E-state index contributed by atoms with van der Waals surface area (Å²) in [6, 6.07) is 25.8. The highest BCUT2D eigenvalue weighted by molar-refractivity contribution is 9.10. The lowest BCUT2D eigenvalue weighted by atomic mass is 9.51. The molecule has 1 N–H and O–H groups in total. The average molecular weight is 846 g/mol. The second-order valence-corrected chi connectivity index (χ2v) is 18.0. The number of hydrogen-bond acceptors (Lipinski definition) is 7. The van der Waals surface area contributed by atoms with Crippen LogP contribution in [0.4, 0.5) is 11.5 Å². The Bertz CT molecular complexity index is 2780. The number of aromatic nitrogens is 2. The summed E-state index contributed by atoms with van der Waals surface area (Å²) in [6.07, 6.45) is 2.50.